The Morgan fingerprint density at radius 2 is 1.58 bits per heavy atom. The molecule has 0 unspecified atom stereocenters. The fourth-order valence-electron chi connectivity index (χ4n) is 5.71. The minimum absolute atomic E-state index is 0.171. The topological polar surface area (TPSA) is 84.2 Å². The average Bonchev–Trinajstić information content (AvgIpc) is 3.69. The van der Waals surface area contributed by atoms with Gasteiger partial charge in [0.15, 0.2) is 11.6 Å². The van der Waals surface area contributed by atoms with Crippen LogP contribution < -0.4 is 5.32 Å². The number of nitrogens with zero attached hydrogens (tertiary/aromatic N) is 2. The predicted octanol–water partition coefficient (Wildman–Crippen LogP) is 7.30. The Kier molecular flexibility index (Phi) is 6.27. The van der Waals surface area contributed by atoms with Crippen molar-refractivity contribution in [1.82, 2.24) is 15.1 Å². The molecule has 43 heavy (non-hydrogen) atoms. The van der Waals surface area contributed by atoms with Crippen molar-refractivity contribution < 1.29 is 23.5 Å². The average molecular weight is 574 g/mol. The van der Waals surface area contributed by atoms with Crippen LogP contribution in [0.5, 0.6) is 0 Å². The van der Waals surface area contributed by atoms with E-state index in [1.807, 2.05) is 36.4 Å². The summed E-state index contributed by atoms with van der Waals surface area (Å²) in [6.07, 6.45) is 3.08. The van der Waals surface area contributed by atoms with Gasteiger partial charge in [0.05, 0.1) is 34.9 Å². The van der Waals surface area contributed by atoms with Gasteiger partial charge in [-0.1, -0.05) is 54.6 Å². The van der Waals surface area contributed by atoms with Gasteiger partial charge in [-0.05, 0) is 88.3 Å². The number of amides is 1. The van der Waals surface area contributed by atoms with E-state index in [0.29, 0.717) is 47.0 Å². The van der Waals surface area contributed by atoms with Crippen molar-refractivity contribution in [3.63, 3.8) is 0 Å². The van der Waals surface area contributed by atoms with E-state index in [2.05, 4.69) is 22.5 Å². The van der Waals surface area contributed by atoms with Crippen LogP contribution in [-0.2, 0) is 12.1 Å². The van der Waals surface area contributed by atoms with E-state index in [0.717, 1.165) is 34.0 Å². The Morgan fingerprint density at radius 3 is 2.30 bits per heavy atom. The molecule has 0 atom stereocenters. The van der Waals surface area contributed by atoms with Crippen LogP contribution in [0.2, 0.25) is 0 Å². The van der Waals surface area contributed by atoms with Gasteiger partial charge in [-0.15, -0.1) is 0 Å². The van der Waals surface area contributed by atoms with Crippen LogP contribution in [0.3, 0.4) is 0 Å². The van der Waals surface area contributed by atoms with E-state index in [9.17, 15) is 23.5 Å². The molecule has 0 bridgehead atoms. The minimum atomic E-state index is -1.02. The molecule has 2 N–H and O–H groups in total. The Morgan fingerprint density at radius 1 is 0.814 bits per heavy atom. The van der Waals surface area contributed by atoms with Crippen molar-refractivity contribution >= 4 is 33.6 Å². The number of nitrogens with one attached hydrogen (secondary N) is 1. The zero-order chi connectivity index (χ0) is 29.7. The molecule has 0 radical (unpaired) electrons. The van der Waals surface area contributed by atoms with Crippen molar-refractivity contribution in [3.05, 3.63) is 137 Å². The fraction of sp³-hybridized carbons (Fsp3) is 0.114. The van der Waals surface area contributed by atoms with Crippen molar-refractivity contribution in [2.75, 3.05) is 0 Å². The maximum absolute atomic E-state index is 14.2. The van der Waals surface area contributed by atoms with Crippen LogP contribution >= 0.6 is 0 Å². The summed E-state index contributed by atoms with van der Waals surface area (Å²) in [4.78, 5) is 25.4. The summed E-state index contributed by atoms with van der Waals surface area (Å²) < 4.78 is 29.7. The molecular formula is C35H25F2N3O3. The van der Waals surface area contributed by atoms with Gasteiger partial charge >= 0.3 is 5.97 Å². The molecule has 7 rings (SSSR count). The zero-order valence-corrected chi connectivity index (χ0v) is 22.9. The zero-order valence-electron chi connectivity index (χ0n) is 22.9. The largest absolute Gasteiger partial charge is 0.478 e. The third-order valence-electron chi connectivity index (χ3n) is 8.16. The number of hydrogen-bond acceptors (Lipinski definition) is 3. The highest BCUT2D eigenvalue weighted by atomic mass is 19.2. The van der Waals surface area contributed by atoms with Gasteiger partial charge in [-0.3, -0.25) is 9.48 Å². The number of aromatic carboxylic acids is 1. The summed E-state index contributed by atoms with van der Waals surface area (Å²) >= 11 is 0. The number of carboxylic acids is 1. The Hall–Kier alpha value is -5.37. The van der Waals surface area contributed by atoms with E-state index in [-0.39, 0.29) is 11.5 Å². The minimum Gasteiger partial charge on any atom is -0.478 e. The lowest BCUT2D eigenvalue weighted by Gasteiger charge is -2.19. The summed E-state index contributed by atoms with van der Waals surface area (Å²) in [7, 11) is 0. The molecule has 1 aliphatic rings. The monoisotopic (exact) mass is 573 g/mol. The van der Waals surface area contributed by atoms with Gasteiger partial charge in [0.25, 0.3) is 5.91 Å². The molecule has 5 aromatic carbocycles. The van der Waals surface area contributed by atoms with Crippen molar-refractivity contribution in [3.8, 4) is 11.1 Å². The predicted molar refractivity (Wildman–Crippen MR) is 160 cm³/mol. The van der Waals surface area contributed by atoms with Crippen LogP contribution in [0, 0.1) is 11.6 Å². The summed E-state index contributed by atoms with van der Waals surface area (Å²) in [6, 6.07) is 27.9. The molecule has 212 valence electrons. The number of halogens is 2. The molecule has 1 aliphatic carbocycles. The van der Waals surface area contributed by atoms with Gasteiger partial charge in [-0.25, -0.2) is 13.6 Å². The van der Waals surface area contributed by atoms with Crippen LogP contribution in [-0.4, -0.2) is 26.8 Å². The molecule has 0 spiro atoms. The lowest BCUT2D eigenvalue weighted by molar-refractivity contribution is 0.0696. The lowest BCUT2D eigenvalue weighted by atomic mass is 9.98. The first-order valence-electron chi connectivity index (χ1n) is 13.9. The summed E-state index contributed by atoms with van der Waals surface area (Å²) in [5.74, 6) is -3.28. The number of carbonyl (C=O) groups is 2. The molecule has 1 amide bonds. The molecule has 1 heterocycles. The van der Waals surface area contributed by atoms with Gasteiger partial charge in [0.2, 0.25) is 0 Å². The Balaban J connectivity index is 1.30. The van der Waals surface area contributed by atoms with Crippen LogP contribution in [0.25, 0.3) is 32.8 Å². The van der Waals surface area contributed by atoms with Crippen molar-refractivity contribution in [2.45, 2.75) is 24.9 Å². The number of aromatic nitrogens is 2. The summed E-state index contributed by atoms with van der Waals surface area (Å²) in [6.45, 7) is 0.418. The highest BCUT2D eigenvalue weighted by Gasteiger charge is 2.46. The number of fused-ring (bicyclic) bond motifs is 2. The molecule has 1 aromatic heterocycles. The third kappa shape index (κ3) is 4.91. The molecule has 0 aliphatic heterocycles. The van der Waals surface area contributed by atoms with Gasteiger partial charge in [0.1, 0.15) is 0 Å². The third-order valence-corrected chi connectivity index (χ3v) is 8.16. The van der Waals surface area contributed by atoms with Gasteiger partial charge < -0.3 is 10.4 Å². The van der Waals surface area contributed by atoms with Crippen LogP contribution in [0.1, 0.15) is 44.7 Å². The molecule has 6 nitrogen and oxygen atoms in total. The summed E-state index contributed by atoms with van der Waals surface area (Å²) in [5, 5.41) is 20.0. The molecule has 0 saturated heterocycles. The summed E-state index contributed by atoms with van der Waals surface area (Å²) in [5.41, 5.74) is 3.34. The van der Waals surface area contributed by atoms with E-state index >= 15 is 0 Å². The maximum Gasteiger partial charge on any atom is 0.335 e. The quantitative estimate of drug-likeness (QED) is 0.210. The van der Waals surface area contributed by atoms with Crippen molar-refractivity contribution in [2.24, 2.45) is 0 Å². The number of rotatable bonds is 7. The van der Waals surface area contributed by atoms with E-state index in [1.54, 1.807) is 29.1 Å². The van der Waals surface area contributed by atoms with Crippen LogP contribution in [0.4, 0.5) is 8.78 Å². The molecule has 1 fully saturated rings. The number of hydrogen-bond donors (Lipinski definition) is 2. The van der Waals surface area contributed by atoms with Gasteiger partial charge in [-0.2, -0.15) is 5.10 Å². The highest BCUT2D eigenvalue weighted by Crippen LogP contribution is 2.46. The first-order valence-corrected chi connectivity index (χ1v) is 13.9. The molecule has 8 heteroatoms. The smallest absolute Gasteiger partial charge is 0.335 e. The fourth-order valence-corrected chi connectivity index (χ4v) is 5.71. The first kappa shape index (κ1) is 26.5. The molecular weight excluding hydrogens is 548 g/mol. The standard InChI is InChI=1S/C35H25F2N3O3/c36-30-12-9-25(18-31(30)37)26-16-27-19-38-40(20-21-5-6-22-3-1-2-4-24(22)15-21)32(27)29(17-26)33(41)39-35(13-14-35)28-10-7-23(8-11-28)34(42)43/h1-12,15-19H,13-14,20H2,(H,39,41)(H,42,43). The van der Waals surface area contributed by atoms with Crippen molar-refractivity contribution in [1.29, 1.82) is 0 Å². The second-order valence-corrected chi connectivity index (χ2v) is 11.0. The Labute approximate surface area is 245 Å². The number of carboxylic acid groups (broad SMARTS) is 1. The van der Waals surface area contributed by atoms with Crippen LogP contribution in [0.15, 0.2) is 103 Å². The molecule has 1 saturated carbocycles. The van der Waals surface area contributed by atoms with Gasteiger partial charge in [0, 0.05) is 5.39 Å². The van der Waals surface area contributed by atoms with E-state index in [1.165, 1.54) is 18.2 Å². The van der Waals surface area contributed by atoms with E-state index in [4.69, 9.17) is 0 Å². The second-order valence-electron chi connectivity index (χ2n) is 11.0. The Bertz CT molecular complexity index is 2060. The highest BCUT2D eigenvalue weighted by molar-refractivity contribution is 6.08. The number of carbonyl (C=O) groups excluding carboxylic acids is 1. The second kappa shape index (κ2) is 10.2. The SMILES string of the molecule is O=C(O)c1ccc(C2(NC(=O)c3cc(-c4ccc(F)c(F)c4)cc4cnn(Cc5ccc6ccccc6c5)c34)CC2)cc1. The maximum atomic E-state index is 14.2. The number of benzene rings is 5. The molecule has 6 aromatic rings. The first-order chi connectivity index (χ1) is 20.8. The normalized spacial score (nSPS) is 13.7. The van der Waals surface area contributed by atoms with E-state index < -0.39 is 23.1 Å². The lowest BCUT2D eigenvalue weighted by Crippen LogP contribution is -2.35.